The van der Waals surface area contributed by atoms with Gasteiger partial charge in [-0.2, -0.15) is 0 Å². The Morgan fingerprint density at radius 3 is 2.33 bits per heavy atom. The minimum Gasteiger partial charge on any atom is -0.249 e. The van der Waals surface area contributed by atoms with Gasteiger partial charge in [0.25, 0.3) is 0 Å². The van der Waals surface area contributed by atoms with E-state index >= 15 is 0 Å². The topological polar surface area (TPSA) is 25.8 Å². The Kier molecular flexibility index (Phi) is 4.28. The lowest BCUT2D eigenvalue weighted by atomic mass is 10.5. The molecule has 2 heterocycles. The summed E-state index contributed by atoms with van der Waals surface area (Å²) >= 11 is 2.25. The molecule has 0 N–H and O–H groups in total. The van der Waals surface area contributed by atoms with E-state index in [4.69, 9.17) is 0 Å². The van der Waals surface area contributed by atoms with Crippen LogP contribution >= 0.6 is 44.2 Å². The number of nitrogens with zero attached hydrogens (tertiary/aromatic N) is 2. The smallest absolute Gasteiger partial charge is 0.107 e. The molecular formula is C10H7IN2S2. The van der Waals surface area contributed by atoms with Crippen LogP contribution in [0.25, 0.3) is 0 Å². The Bertz CT molecular complexity index is 419. The van der Waals surface area contributed by atoms with E-state index in [9.17, 15) is 0 Å². The summed E-state index contributed by atoms with van der Waals surface area (Å²) in [4.78, 5) is 8.52. The lowest BCUT2D eigenvalue weighted by Crippen LogP contribution is -1.78. The Morgan fingerprint density at radius 1 is 0.933 bits per heavy atom. The lowest BCUT2D eigenvalue weighted by molar-refractivity contribution is 1.13. The molecule has 2 aromatic rings. The van der Waals surface area contributed by atoms with E-state index in [1.54, 1.807) is 27.8 Å². The van der Waals surface area contributed by atoms with Crippen molar-refractivity contribution in [2.45, 2.75) is 10.1 Å². The van der Waals surface area contributed by atoms with Crippen molar-refractivity contribution >= 4 is 44.2 Å². The first kappa shape index (κ1) is 11.2. The molecule has 0 aromatic carbocycles. The summed E-state index contributed by atoms with van der Waals surface area (Å²) in [5.41, 5.74) is 0. The van der Waals surface area contributed by atoms with Crippen LogP contribution in [0.3, 0.4) is 0 Å². The molecule has 0 saturated carbocycles. The molecule has 2 nitrogen and oxygen atoms in total. The van der Waals surface area contributed by atoms with Crippen LogP contribution in [0.2, 0.25) is 0 Å². The van der Waals surface area contributed by atoms with Crippen molar-refractivity contribution in [3.8, 4) is 0 Å². The number of halogens is 1. The van der Waals surface area contributed by atoms with Crippen molar-refractivity contribution in [2.75, 3.05) is 0 Å². The van der Waals surface area contributed by atoms with Crippen molar-refractivity contribution in [1.82, 2.24) is 9.97 Å². The Balaban J connectivity index is 1.96. The fraction of sp³-hybridized carbons (Fsp3) is 0. The molecule has 0 unspecified atom stereocenters. The maximum atomic E-state index is 4.30. The standard InChI is InChI=1S/C10H7IN2S2/c11-8-4-5-10(13-7-8)15-14-9-3-1-2-6-12-9/h1-7H. The predicted molar refractivity (Wildman–Crippen MR) is 72.9 cm³/mol. The first-order valence-corrected chi connectivity index (χ1v) is 7.44. The van der Waals surface area contributed by atoms with Crippen LogP contribution in [0, 0.1) is 3.57 Å². The van der Waals surface area contributed by atoms with E-state index in [0.29, 0.717) is 0 Å². The highest BCUT2D eigenvalue weighted by molar-refractivity contribution is 14.1. The maximum absolute atomic E-state index is 4.30. The molecule has 0 saturated heterocycles. The highest BCUT2D eigenvalue weighted by Crippen LogP contribution is 2.34. The molecule has 0 amide bonds. The molecule has 2 aromatic heterocycles. The van der Waals surface area contributed by atoms with E-state index in [-0.39, 0.29) is 0 Å². The summed E-state index contributed by atoms with van der Waals surface area (Å²) in [5, 5.41) is 2.01. The summed E-state index contributed by atoms with van der Waals surface area (Å²) in [6.07, 6.45) is 3.66. The van der Waals surface area contributed by atoms with Crippen LogP contribution in [-0.4, -0.2) is 9.97 Å². The zero-order chi connectivity index (χ0) is 10.5. The molecule has 0 aliphatic rings. The molecule has 76 valence electrons. The Hall–Kier alpha value is -0.270. The summed E-state index contributed by atoms with van der Waals surface area (Å²) in [6, 6.07) is 9.96. The van der Waals surface area contributed by atoms with Crippen molar-refractivity contribution in [3.05, 3.63) is 46.3 Å². The number of pyridine rings is 2. The zero-order valence-corrected chi connectivity index (χ0v) is 11.4. The van der Waals surface area contributed by atoms with Crippen LogP contribution in [0.15, 0.2) is 52.8 Å². The second kappa shape index (κ2) is 5.72. The van der Waals surface area contributed by atoms with Crippen molar-refractivity contribution in [1.29, 1.82) is 0 Å². The average Bonchev–Trinajstić information content (AvgIpc) is 2.30. The monoisotopic (exact) mass is 346 g/mol. The van der Waals surface area contributed by atoms with Crippen molar-refractivity contribution < 1.29 is 0 Å². The van der Waals surface area contributed by atoms with E-state index < -0.39 is 0 Å². The van der Waals surface area contributed by atoms with Gasteiger partial charge >= 0.3 is 0 Å². The summed E-state index contributed by atoms with van der Waals surface area (Å²) in [6.45, 7) is 0. The van der Waals surface area contributed by atoms with E-state index in [0.717, 1.165) is 13.6 Å². The Labute approximate surface area is 110 Å². The molecule has 5 heteroatoms. The molecule has 0 bridgehead atoms. The number of rotatable bonds is 3. The molecule has 0 aliphatic carbocycles. The van der Waals surface area contributed by atoms with Crippen LogP contribution in [0.1, 0.15) is 0 Å². The summed E-state index contributed by atoms with van der Waals surface area (Å²) in [7, 11) is 3.24. The van der Waals surface area contributed by atoms with Gasteiger partial charge in [0.15, 0.2) is 0 Å². The van der Waals surface area contributed by atoms with Gasteiger partial charge in [-0.3, -0.25) is 0 Å². The van der Waals surface area contributed by atoms with Crippen molar-refractivity contribution in [2.24, 2.45) is 0 Å². The molecule has 0 aliphatic heterocycles. The minimum absolute atomic E-state index is 1.00. The molecule has 2 rings (SSSR count). The average molecular weight is 346 g/mol. The minimum atomic E-state index is 1.00. The molecular weight excluding hydrogens is 339 g/mol. The normalized spacial score (nSPS) is 10.2. The van der Waals surface area contributed by atoms with Gasteiger partial charge in [-0.15, -0.1) is 0 Å². The summed E-state index contributed by atoms with van der Waals surface area (Å²) < 4.78 is 1.15. The zero-order valence-electron chi connectivity index (χ0n) is 7.63. The highest BCUT2D eigenvalue weighted by atomic mass is 127. The largest absolute Gasteiger partial charge is 0.249 e. The van der Waals surface area contributed by atoms with Crippen molar-refractivity contribution in [3.63, 3.8) is 0 Å². The second-order valence-electron chi connectivity index (χ2n) is 2.65. The van der Waals surface area contributed by atoms with E-state index in [1.807, 2.05) is 30.5 Å². The summed E-state index contributed by atoms with van der Waals surface area (Å²) in [5.74, 6) is 0. The fourth-order valence-corrected chi connectivity index (χ4v) is 2.94. The Morgan fingerprint density at radius 2 is 1.73 bits per heavy atom. The van der Waals surface area contributed by atoms with Gasteiger partial charge in [-0.25, -0.2) is 9.97 Å². The SMILES string of the molecule is Ic1ccc(SSc2ccccn2)nc1. The first-order valence-electron chi connectivity index (χ1n) is 4.22. The molecule has 0 spiro atoms. The van der Waals surface area contributed by atoms with Crippen LogP contribution in [-0.2, 0) is 0 Å². The fourth-order valence-electron chi connectivity index (χ4n) is 0.893. The predicted octanol–water partition coefficient (Wildman–Crippen LogP) is 3.88. The number of aromatic nitrogens is 2. The van der Waals surface area contributed by atoms with Gasteiger partial charge in [-0.05, 0) is 68.4 Å². The van der Waals surface area contributed by atoms with Crippen LogP contribution in [0.4, 0.5) is 0 Å². The van der Waals surface area contributed by atoms with Gasteiger partial charge < -0.3 is 0 Å². The van der Waals surface area contributed by atoms with Gasteiger partial charge in [0.05, 0.1) is 0 Å². The quantitative estimate of drug-likeness (QED) is 0.622. The van der Waals surface area contributed by atoms with Gasteiger partial charge in [0, 0.05) is 16.0 Å². The van der Waals surface area contributed by atoms with Crippen LogP contribution in [0.5, 0.6) is 0 Å². The lowest BCUT2D eigenvalue weighted by Gasteiger charge is -1.98. The third-order valence-corrected chi connectivity index (χ3v) is 4.37. The molecule has 15 heavy (non-hydrogen) atoms. The van der Waals surface area contributed by atoms with Gasteiger partial charge in [0.1, 0.15) is 10.1 Å². The molecule has 0 fully saturated rings. The second-order valence-corrected chi connectivity index (χ2v) is 6.06. The van der Waals surface area contributed by atoms with E-state index in [2.05, 4.69) is 38.6 Å². The van der Waals surface area contributed by atoms with Crippen LogP contribution < -0.4 is 0 Å². The van der Waals surface area contributed by atoms with E-state index in [1.165, 1.54) is 0 Å². The number of hydrogen-bond acceptors (Lipinski definition) is 4. The third-order valence-electron chi connectivity index (χ3n) is 1.55. The van der Waals surface area contributed by atoms with Gasteiger partial charge in [-0.1, -0.05) is 6.07 Å². The van der Waals surface area contributed by atoms with Gasteiger partial charge in [0.2, 0.25) is 0 Å². The molecule has 0 atom stereocenters. The first-order chi connectivity index (χ1) is 7.34. The third kappa shape index (κ3) is 3.66. The maximum Gasteiger partial charge on any atom is 0.107 e. The number of hydrogen-bond donors (Lipinski definition) is 0. The molecule has 0 radical (unpaired) electrons. The highest BCUT2D eigenvalue weighted by Gasteiger charge is 1.98.